The molecule has 0 aliphatic rings. The zero-order chi connectivity index (χ0) is 16.2. The molecule has 0 aromatic heterocycles. The second kappa shape index (κ2) is 44.5. The van der Waals surface area contributed by atoms with E-state index < -0.39 is 5.97 Å². The van der Waals surface area contributed by atoms with Gasteiger partial charge in [0.15, 0.2) is 5.34 Å². The van der Waals surface area contributed by atoms with Gasteiger partial charge in [0.25, 0.3) is 0 Å². The van der Waals surface area contributed by atoms with Crippen LogP contribution in [0.4, 0.5) is 0 Å². The molecule has 0 amide bonds. The number of hydrogen-bond acceptors (Lipinski definition) is 5. The van der Waals surface area contributed by atoms with Gasteiger partial charge in [0.1, 0.15) is 0 Å². The number of carbonyl (C=O) groups is 1. The van der Waals surface area contributed by atoms with Gasteiger partial charge in [0.05, 0.1) is 0 Å². The number of halogens is 2. The average molecular weight is 603 g/mol. The zero-order valence-corrected chi connectivity index (χ0v) is 19.8. The van der Waals surface area contributed by atoms with Gasteiger partial charge < -0.3 is 47.4 Å². The maximum atomic E-state index is 10.3. The van der Waals surface area contributed by atoms with E-state index in [1.807, 2.05) is 0 Å². The van der Waals surface area contributed by atoms with Gasteiger partial charge in [-0.05, 0) is 6.42 Å². The molecular weight excluding hydrogens is 564 g/mol. The Morgan fingerprint density at radius 1 is 0.731 bits per heavy atom. The van der Waals surface area contributed by atoms with E-state index in [4.69, 9.17) is 15.2 Å². The Kier molecular flexibility index (Phi) is 77.1. The molecular formula is C16H39Cl2N3O4Pt+2. The number of rotatable bonds is 14. The summed E-state index contributed by atoms with van der Waals surface area (Å²) in [6, 6.07) is 0. The Morgan fingerprint density at radius 2 is 0.962 bits per heavy atom. The molecule has 26 heavy (non-hydrogen) atoms. The van der Waals surface area contributed by atoms with E-state index in [1.165, 1.54) is 76.0 Å². The second-order valence-corrected chi connectivity index (χ2v) is 5.47. The van der Waals surface area contributed by atoms with Crippen molar-refractivity contribution in [3.8, 4) is 0 Å². The number of nitrogens with zero attached hydrogens (tertiary/aromatic N) is 1. The van der Waals surface area contributed by atoms with E-state index in [2.05, 4.69) is 6.92 Å². The van der Waals surface area contributed by atoms with Crippen LogP contribution in [0.1, 0.15) is 96.8 Å². The van der Waals surface area contributed by atoms with Crippen molar-refractivity contribution in [1.82, 2.24) is 12.3 Å². The van der Waals surface area contributed by atoms with Crippen LogP contribution in [0.5, 0.6) is 0 Å². The Morgan fingerprint density at radius 3 is 1.19 bits per heavy atom. The Balaban J connectivity index is -0.0000000841. The van der Waals surface area contributed by atoms with Crippen molar-refractivity contribution in [3.05, 3.63) is 4.91 Å². The van der Waals surface area contributed by atoms with E-state index in [1.54, 1.807) is 0 Å². The van der Waals surface area contributed by atoms with Crippen molar-refractivity contribution >= 4 is 5.97 Å². The van der Waals surface area contributed by atoms with Crippen LogP contribution in [0.2, 0.25) is 0 Å². The van der Waals surface area contributed by atoms with Crippen LogP contribution in [-0.4, -0.2) is 16.3 Å². The summed E-state index contributed by atoms with van der Waals surface area (Å²) >= 11 is 0. The van der Waals surface area contributed by atoms with Crippen molar-refractivity contribution in [2.45, 2.75) is 96.8 Å². The standard InChI is InChI=1S/C16H32O2.2ClH.HNO2.2H3N.Pt/c1-2-3-4-5-6-7-8-9-10-11-12-13-14-15-16(17)18;;;2-1-3;;;/h2-15H2,1H3,(H,17,18);2*1H;(H,2,3);2*1H3;/q;;;;;;+4/p-2. The Hall–Kier alpha value is 0.0583. The first kappa shape index (κ1) is 45.0. The summed E-state index contributed by atoms with van der Waals surface area (Å²) in [6.07, 6.45) is 17.3. The largest absolute Gasteiger partial charge is 4.00 e. The second-order valence-electron chi connectivity index (χ2n) is 5.47. The molecule has 0 fully saturated rings. The molecule has 0 spiro atoms. The minimum Gasteiger partial charge on any atom is -1.00 e. The number of aliphatic carboxylic acids is 1. The molecule has 0 unspecified atom stereocenters. The van der Waals surface area contributed by atoms with Gasteiger partial charge in [-0.15, -0.1) is 4.91 Å². The van der Waals surface area contributed by atoms with Gasteiger partial charge in [-0.3, -0.25) is 4.79 Å². The Bertz CT molecular complexity index is 246. The van der Waals surface area contributed by atoms with Crippen molar-refractivity contribution in [2.24, 2.45) is 5.34 Å². The molecule has 10 heteroatoms. The molecule has 0 heterocycles. The molecule has 0 rings (SSSR count). The Labute approximate surface area is 186 Å². The van der Waals surface area contributed by atoms with Crippen LogP contribution in [0, 0.1) is 4.91 Å². The molecule has 0 atom stereocenters. The SMILES string of the molecule is CCCCCCCCCCCCCCCC(=O)O.N.N.O=NO.[Cl-].[Cl-].[Pt+4]. The fourth-order valence-electron chi connectivity index (χ4n) is 2.29. The third-order valence-corrected chi connectivity index (χ3v) is 3.49. The van der Waals surface area contributed by atoms with E-state index in [0.29, 0.717) is 6.42 Å². The van der Waals surface area contributed by atoms with Crippen molar-refractivity contribution in [1.29, 1.82) is 0 Å². The van der Waals surface area contributed by atoms with E-state index in [-0.39, 0.29) is 58.2 Å². The van der Waals surface area contributed by atoms with Crippen LogP contribution in [0.15, 0.2) is 5.34 Å². The van der Waals surface area contributed by atoms with E-state index in [9.17, 15) is 4.79 Å². The van der Waals surface area contributed by atoms with Gasteiger partial charge >= 0.3 is 27.0 Å². The third kappa shape index (κ3) is 56.4. The van der Waals surface area contributed by atoms with Gasteiger partial charge in [-0.2, -0.15) is 0 Å². The summed E-state index contributed by atoms with van der Waals surface area (Å²) in [7, 11) is 0. The quantitative estimate of drug-likeness (QED) is 0.125. The molecule has 0 aromatic carbocycles. The molecule has 0 aliphatic carbocycles. The normalized spacial score (nSPS) is 7.88. The maximum absolute atomic E-state index is 10.3. The first-order valence-corrected chi connectivity index (χ1v) is 8.37. The molecule has 164 valence electrons. The van der Waals surface area contributed by atoms with Crippen molar-refractivity contribution in [3.63, 3.8) is 0 Å². The predicted octanol–water partition coefficient (Wildman–Crippen LogP) is 0.0238. The number of carboxylic acid groups (broad SMARTS) is 1. The van der Waals surface area contributed by atoms with Gasteiger partial charge in [0.2, 0.25) is 0 Å². The smallest absolute Gasteiger partial charge is 1.00 e. The summed E-state index contributed by atoms with van der Waals surface area (Å²) in [6.45, 7) is 2.26. The average Bonchev–Trinajstić information content (AvgIpc) is 2.44. The van der Waals surface area contributed by atoms with Crippen LogP contribution >= 0.6 is 0 Å². The van der Waals surface area contributed by atoms with Gasteiger partial charge in [0, 0.05) is 6.42 Å². The number of carboxylic acids is 1. The molecule has 7 nitrogen and oxygen atoms in total. The van der Waals surface area contributed by atoms with Crippen LogP contribution in [-0.2, 0) is 25.9 Å². The molecule has 0 aliphatic heterocycles. The topological polar surface area (TPSA) is 157 Å². The van der Waals surface area contributed by atoms with Crippen LogP contribution in [0.3, 0.4) is 0 Å². The number of unbranched alkanes of at least 4 members (excludes halogenated alkanes) is 12. The van der Waals surface area contributed by atoms with Crippen LogP contribution in [0.25, 0.3) is 0 Å². The first-order valence-electron chi connectivity index (χ1n) is 8.37. The van der Waals surface area contributed by atoms with Crippen LogP contribution < -0.4 is 37.1 Å². The van der Waals surface area contributed by atoms with E-state index >= 15 is 0 Å². The molecule has 8 N–H and O–H groups in total. The summed E-state index contributed by atoms with van der Waals surface area (Å²) in [5.74, 6) is -0.655. The maximum Gasteiger partial charge on any atom is 4.00 e. The molecule has 0 radical (unpaired) electrons. The van der Waals surface area contributed by atoms with Crippen molar-refractivity contribution in [2.75, 3.05) is 0 Å². The number of hydrogen-bond donors (Lipinski definition) is 4. The van der Waals surface area contributed by atoms with Gasteiger partial charge in [-0.25, -0.2) is 0 Å². The molecule has 0 saturated carbocycles. The minimum absolute atomic E-state index is 0. The fourth-order valence-corrected chi connectivity index (χ4v) is 2.29. The van der Waals surface area contributed by atoms with E-state index in [0.717, 1.165) is 12.8 Å². The third-order valence-electron chi connectivity index (χ3n) is 3.49. The fraction of sp³-hybridized carbons (Fsp3) is 0.938. The molecule has 0 aromatic rings. The van der Waals surface area contributed by atoms with Crippen molar-refractivity contribution < 1.29 is 61.0 Å². The molecule has 0 saturated heterocycles. The monoisotopic (exact) mass is 602 g/mol. The first-order chi connectivity index (χ1) is 10.2. The van der Waals surface area contributed by atoms with Gasteiger partial charge in [-0.1, -0.05) is 84.0 Å². The minimum atomic E-state index is -0.655. The zero-order valence-electron chi connectivity index (χ0n) is 16.0. The predicted molar refractivity (Wildman–Crippen MR) is 95.6 cm³/mol. The molecule has 0 bridgehead atoms. The summed E-state index contributed by atoms with van der Waals surface area (Å²) in [5, 5.41) is 16.4. The summed E-state index contributed by atoms with van der Waals surface area (Å²) in [5.41, 5.74) is 0. The summed E-state index contributed by atoms with van der Waals surface area (Å²) in [4.78, 5) is 18.4. The summed E-state index contributed by atoms with van der Waals surface area (Å²) < 4.78 is 0.